The van der Waals surface area contributed by atoms with E-state index in [9.17, 15) is 19.5 Å². The van der Waals surface area contributed by atoms with Gasteiger partial charge < -0.3 is 10.0 Å². The van der Waals surface area contributed by atoms with Gasteiger partial charge in [0.25, 0.3) is 11.8 Å². The van der Waals surface area contributed by atoms with Crippen molar-refractivity contribution in [2.75, 3.05) is 13.1 Å². The smallest absolute Gasteiger partial charge is 0.262 e. The van der Waals surface area contributed by atoms with Gasteiger partial charge in [0.15, 0.2) is 0 Å². The van der Waals surface area contributed by atoms with E-state index >= 15 is 0 Å². The Balaban J connectivity index is 0.00000256. The Bertz CT molecular complexity index is 914. The number of aliphatic hydroxyl groups excluding tert-OH is 1. The predicted molar refractivity (Wildman–Crippen MR) is 118 cm³/mol. The Morgan fingerprint density at radius 2 is 1.53 bits per heavy atom. The van der Waals surface area contributed by atoms with Crippen molar-refractivity contribution in [3.63, 3.8) is 0 Å². The number of nitrogens with zero attached hydrogens (tertiary/aromatic N) is 2. The zero-order valence-electron chi connectivity index (χ0n) is 16.8. The van der Waals surface area contributed by atoms with Crippen LogP contribution in [0.3, 0.4) is 0 Å². The van der Waals surface area contributed by atoms with E-state index in [1.807, 2.05) is 37.3 Å². The zero-order chi connectivity index (χ0) is 20.5. The molecule has 3 atom stereocenters. The van der Waals surface area contributed by atoms with Gasteiger partial charge in [-0.05, 0) is 30.0 Å². The highest BCUT2D eigenvalue weighted by molar-refractivity contribution is 7.59. The lowest BCUT2D eigenvalue weighted by Gasteiger charge is -2.39. The third kappa shape index (κ3) is 4.13. The summed E-state index contributed by atoms with van der Waals surface area (Å²) in [5.41, 5.74) is 1.69. The molecule has 6 nitrogen and oxygen atoms in total. The lowest BCUT2D eigenvalue weighted by molar-refractivity contribution is -0.141. The maximum Gasteiger partial charge on any atom is 0.262 e. The molecular weight excluding hydrogens is 400 g/mol. The lowest BCUT2D eigenvalue weighted by Crippen LogP contribution is -2.57. The molecular formula is C23H26N2O4S. The van der Waals surface area contributed by atoms with Gasteiger partial charge >= 0.3 is 0 Å². The summed E-state index contributed by atoms with van der Waals surface area (Å²) in [6.45, 7) is 2.68. The number of rotatable bonds is 5. The molecule has 0 spiro atoms. The summed E-state index contributed by atoms with van der Waals surface area (Å²) in [6.07, 6.45) is 0.168. The molecule has 158 valence electrons. The number of carbonyl (C=O) groups is 3. The van der Waals surface area contributed by atoms with Gasteiger partial charge in [-0.1, -0.05) is 49.4 Å². The summed E-state index contributed by atoms with van der Waals surface area (Å²) in [4.78, 5) is 41.5. The number of amides is 3. The number of β-amino-alcohol motifs (C(OH)–C–C–N with tert-alkyl or cyclic N) is 1. The molecule has 3 amide bonds. The maximum atomic E-state index is 13.2. The molecule has 1 saturated heterocycles. The fraction of sp³-hybridized carbons (Fsp3) is 0.348. The summed E-state index contributed by atoms with van der Waals surface area (Å²) in [6, 6.07) is 15.4. The van der Waals surface area contributed by atoms with Crippen LogP contribution in [-0.2, 0) is 11.2 Å². The van der Waals surface area contributed by atoms with E-state index in [1.54, 1.807) is 29.2 Å². The summed E-state index contributed by atoms with van der Waals surface area (Å²) in [5, 5.41) is 10.5. The molecule has 7 heteroatoms. The Morgan fingerprint density at radius 3 is 2.13 bits per heavy atom. The number of aliphatic hydroxyl groups is 1. The van der Waals surface area contributed by atoms with Crippen LogP contribution in [0, 0.1) is 5.92 Å². The van der Waals surface area contributed by atoms with E-state index in [4.69, 9.17) is 0 Å². The van der Waals surface area contributed by atoms with Gasteiger partial charge in [-0.3, -0.25) is 19.3 Å². The van der Waals surface area contributed by atoms with Crippen molar-refractivity contribution in [1.82, 2.24) is 9.80 Å². The minimum absolute atomic E-state index is 0. The number of likely N-dealkylation sites (tertiary alicyclic amines) is 1. The lowest BCUT2D eigenvalue weighted by atomic mass is 9.93. The van der Waals surface area contributed by atoms with Crippen molar-refractivity contribution in [3.8, 4) is 0 Å². The third-order valence-corrected chi connectivity index (χ3v) is 5.64. The van der Waals surface area contributed by atoms with Gasteiger partial charge in [0, 0.05) is 19.5 Å². The highest BCUT2D eigenvalue weighted by atomic mass is 32.1. The summed E-state index contributed by atoms with van der Waals surface area (Å²) in [5.74, 6) is -0.985. The second-order valence-corrected chi connectivity index (χ2v) is 7.97. The summed E-state index contributed by atoms with van der Waals surface area (Å²) >= 11 is 0. The van der Waals surface area contributed by atoms with Gasteiger partial charge in [-0.2, -0.15) is 13.5 Å². The Kier molecular flexibility index (Phi) is 6.63. The predicted octanol–water partition coefficient (Wildman–Crippen LogP) is 2.24. The number of hydrogen-bond acceptors (Lipinski definition) is 4. The monoisotopic (exact) mass is 426 g/mol. The van der Waals surface area contributed by atoms with Crippen LogP contribution in [0.1, 0.15) is 39.6 Å². The maximum absolute atomic E-state index is 13.2. The minimum Gasteiger partial charge on any atom is -0.391 e. The first-order valence-electron chi connectivity index (χ1n) is 9.93. The van der Waals surface area contributed by atoms with Crippen molar-refractivity contribution in [1.29, 1.82) is 0 Å². The van der Waals surface area contributed by atoms with Crippen molar-refractivity contribution >= 4 is 31.2 Å². The first-order valence-corrected chi connectivity index (χ1v) is 9.93. The molecule has 4 rings (SSSR count). The Morgan fingerprint density at radius 1 is 0.967 bits per heavy atom. The van der Waals surface area contributed by atoms with E-state index < -0.39 is 24.0 Å². The quantitative estimate of drug-likeness (QED) is 0.744. The molecule has 30 heavy (non-hydrogen) atoms. The van der Waals surface area contributed by atoms with Crippen LogP contribution in [0.5, 0.6) is 0 Å². The number of piperidine rings is 1. The number of imide groups is 1. The second-order valence-electron chi connectivity index (χ2n) is 7.97. The first kappa shape index (κ1) is 22.1. The van der Waals surface area contributed by atoms with Crippen molar-refractivity contribution in [2.24, 2.45) is 5.92 Å². The highest BCUT2D eigenvalue weighted by Gasteiger charge is 2.46. The van der Waals surface area contributed by atoms with E-state index in [0.717, 1.165) is 10.5 Å². The number of hydrogen-bond donors (Lipinski definition) is 1. The minimum atomic E-state index is -0.824. The first-order chi connectivity index (χ1) is 14.0. The summed E-state index contributed by atoms with van der Waals surface area (Å²) < 4.78 is 0. The largest absolute Gasteiger partial charge is 0.391 e. The molecule has 2 aromatic carbocycles. The molecule has 2 aliphatic heterocycles. The standard InChI is InChI=1S/C23H24N2O4.H2S/c1-15-11-20(25-21(27)18-9-5-6-10-19(18)22(25)28)23(29)24(13-15)14-17(26)12-16-7-3-2-4-8-16;/h2-10,15,17,20,26H,11-14H2,1H3;1H2/t15?,17?,20-;/m0./s1. The molecule has 0 aromatic heterocycles. The van der Waals surface area contributed by atoms with E-state index in [1.165, 1.54) is 0 Å². The van der Waals surface area contributed by atoms with E-state index in [2.05, 4.69) is 0 Å². The Hall–Kier alpha value is -2.64. The third-order valence-electron chi connectivity index (χ3n) is 5.64. The van der Waals surface area contributed by atoms with Crippen molar-refractivity contribution in [2.45, 2.75) is 31.9 Å². The molecule has 0 bridgehead atoms. The van der Waals surface area contributed by atoms with Crippen LogP contribution in [-0.4, -0.2) is 57.9 Å². The SMILES string of the molecule is CC1C[C@H](N2C(=O)c3ccccc3C2=O)C(=O)N(CC(O)Cc2ccccc2)C1.S. The molecule has 2 aromatic rings. The average molecular weight is 427 g/mol. The van der Waals surface area contributed by atoms with Crippen molar-refractivity contribution < 1.29 is 19.5 Å². The molecule has 1 N–H and O–H groups in total. The van der Waals surface area contributed by atoms with Gasteiger partial charge in [0.1, 0.15) is 6.04 Å². The summed E-state index contributed by atoms with van der Waals surface area (Å²) in [7, 11) is 0. The van der Waals surface area contributed by atoms with Gasteiger partial charge in [0.05, 0.1) is 17.2 Å². The zero-order valence-corrected chi connectivity index (χ0v) is 17.8. The van der Waals surface area contributed by atoms with Crippen LogP contribution in [0.4, 0.5) is 0 Å². The molecule has 2 heterocycles. The van der Waals surface area contributed by atoms with Crippen molar-refractivity contribution in [3.05, 3.63) is 71.3 Å². The average Bonchev–Trinajstić information content (AvgIpc) is 2.96. The van der Waals surface area contributed by atoms with E-state index in [0.29, 0.717) is 30.5 Å². The van der Waals surface area contributed by atoms with Crippen LogP contribution in [0.15, 0.2) is 54.6 Å². The molecule has 0 radical (unpaired) electrons. The van der Waals surface area contributed by atoms with Gasteiger partial charge in [-0.15, -0.1) is 0 Å². The van der Waals surface area contributed by atoms with Crippen LogP contribution in [0.2, 0.25) is 0 Å². The fourth-order valence-corrected chi connectivity index (χ4v) is 4.31. The molecule has 0 saturated carbocycles. The topological polar surface area (TPSA) is 77.9 Å². The highest BCUT2D eigenvalue weighted by Crippen LogP contribution is 2.30. The Labute approximate surface area is 182 Å². The molecule has 2 unspecified atom stereocenters. The van der Waals surface area contributed by atoms with Gasteiger partial charge in [0.2, 0.25) is 5.91 Å². The fourth-order valence-electron chi connectivity index (χ4n) is 4.31. The van der Waals surface area contributed by atoms with Crippen LogP contribution < -0.4 is 0 Å². The molecule has 2 aliphatic rings. The van der Waals surface area contributed by atoms with Crippen LogP contribution >= 0.6 is 13.5 Å². The van der Waals surface area contributed by atoms with Crippen LogP contribution in [0.25, 0.3) is 0 Å². The number of carbonyl (C=O) groups excluding carboxylic acids is 3. The normalized spacial score (nSPS) is 22.0. The molecule has 1 fully saturated rings. The number of benzene rings is 2. The second kappa shape index (κ2) is 9.02. The number of fused-ring (bicyclic) bond motifs is 1. The molecule has 0 aliphatic carbocycles. The van der Waals surface area contributed by atoms with Gasteiger partial charge in [-0.25, -0.2) is 0 Å². The van der Waals surface area contributed by atoms with E-state index in [-0.39, 0.29) is 31.9 Å².